The molecule has 0 amide bonds. The van der Waals surface area contributed by atoms with Gasteiger partial charge in [-0.05, 0) is 107 Å². The summed E-state index contributed by atoms with van der Waals surface area (Å²) in [5.74, 6) is 3.32. The van der Waals surface area contributed by atoms with E-state index in [1.807, 2.05) is 0 Å². The molecule has 3 aliphatic carbocycles. The van der Waals surface area contributed by atoms with Gasteiger partial charge in [0.15, 0.2) is 0 Å². The fraction of sp³-hybridized carbons (Fsp3) is 1.00. The molecule has 0 N–H and O–H groups in total. The van der Waals surface area contributed by atoms with E-state index in [9.17, 15) is 0 Å². The third-order valence-corrected chi connectivity index (χ3v) is 9.67. The minimum absolute atomic E-state index is 0.371. The first-order valence-electron chi connectivity index (χ1n) is 15.0. The molecule has 3 aliphatic heterocycles. The van der Waals surface area contributed by atoms with Crippen LogP contribution in [0.2, 0.25) is 0 Å². The maximum atomic E-state index is 6.56. The van der Waals surface area contributed by atoms with E-state index < -0.39 is 0 Å². The molecule has 35 heavy (non-hydrogen) atoms. The molecule has 3 saturated carbocycles. The van der Waals surface area contributed by atoms with Gasteiger partial charge in [-0.15, -0.1) is 0 Å². The first kappa shape index (κ1) is 25.1. The molecule has 6 nitrogen and oxygen atoms in total. The quantitative estimate of drug-likeness (QED) is 0.340. The van der Waals surface area contributed by atoms with Gasteiger partial charge in [-0.25, -0.2) is 0 Å². The normalized spacial score (nSPS) is 45.3. The molecule has 3 heterocycles. The fourth-order valence-corrected chi connectivity index (χ4v) is 7.14. The van der Waals surface area contributed by atoms with Crippen LogP contribution in [-0.2, 0) is 28.4 Å². The summed E-state index contributed by atoms with van der Waals surface area (Å²) in [6.07, 6.45) is 19.6. The number of rotatable bonds is 13. The van der Waals surface area contributed by atoms with Crippen molar-refractivity contribution < 1.29 is 28.4 Å². The van der Waals surface area contributed by atoms with E-state index in [2.05, 4.69) is 0 Å². The van der Waals surface area contributed by atoms with E-state index in [0.29, 0.717) is 36.6 Å². The third-order valence-electron chi connectivity index (χ3n) is 9.67. The summed E-state index contributed by atoms with van der Waals surface area (Å²) in [5, 5.41) is 0. The monoisotopic (exact) mass is 492 g/mol. The highest BCUT2D eigenvalue weighted by Gasteiger charge is 2.37. The Morgan fingerprint density at radius 1 is 0.486 bits per heavy atom. The largest absolute Gasteiger partial charge is 0.375 e. The van der Waals surface area contributed by atoms with Crippen molar-refractivity contribution in [3.63, 3.8) is 0 Å². The molecule has 0 aromatic heterocycles. The Kier molecular flexibility index (Phi) is 8.65. The SMILES string of the molecule is C1CC(OCC2CO2)CCC1CC1CCC(CC2CCC(OCC3CO3)CC2)C(OCC2CO2)C1. The smallest absolute Gasteiger partial charge is 0.104 e. The summed E-state index contributed by atoms with van der Waals surface area (Å²) in [6, 6.07) is 0. The van der Waals surface area contributed by atoms with Gasteiger partial charge in [-0.2, -0.15) is 0 Å². The fourth-order valence-electron chi connectivity index (χ4n) is 7.14. The Bertz CT molecular complexity index is 631. The van der Waals surface area contributed by atoms with Crippen molar-refractivity contribution in [1.29, 1.82) is 0 Å². The van der Waals surface area contributed by atoms with Crippen molar-refractivity contribution in [1.82, 2.24) is 0 Å². The zero-order valence-electron chi connectivity index (χ0n) is 21.7. The summed E-state index contributed by atoms with van der Waals surface area (Å²) in [5.41, 5.74) is 0. The zero-order valence-corrected chi connectivity index (χ0v) is 21.7. The maximum absolute atomic E-state index is 6.56. The Hall–Kier alpha value is -0.240. The number of ether oxygens (including phenoxy) is 6. The summed E-state index contributed by atoms with van der Waals surface area (Å²) in [6.45, 7) is 5.13. The van der Waals surface area contributed by atoms with Gasteiger partial charge in [0.05, 0.1) is 58.0 Å². The Morgan fingerprint density at radius 3 is 1.46 bits per heavy atom. The van der Waals surface area contributed by atoms with Gasteiger partial charge in [-0.3, -0.25) is 0 Å². The van der Waals surface area contributed by atoms with Gasteiger partial charge in [0, 0.05) is 0 Å². The molecule has 3 saturated heterocycles. The minimum Gasteiger partial charge on any atom is -0.375 e. The van der Waals surface area contributed by atoms with Crippen LogP contribution >= 0.6 is 0 Å². The van der Waals surface area contributed by atoms with Crippen LogP contribution in [0.3, 0.4) is 0 Å². The molecule has 6 aliphatic rings. The van der Waals surface area contributed by atoms with Crippen LogP contribution in [0.5, 0.6) is 0 Å². The average Bonchev–Trinajstić information content (AvgIpc) is 3.74. The van der Waals surface area contributed by atoms with E-state index in [4.69, 9.17) is 28.4 Å². The van der Waals surface area contributed by atoms with E-state index in [-0.39, 0.29) is 0 Å². The zero-order chi connectivity index (χ0) is 23.5. The molecule has 0 radical (unpaired) electrons. The molecule has 0 aromatic carbocycles. The standard InChI is InChI=1S/C29H48O6/c1-6-23(12-21-4-9-25(10-5-21)31-15-27-17-33-27)29(35-19-28-18-34-28)13-22(1)11-20-2-7-24(8-3-20)30-14-26-16-32-26/h20-29H,1-19H2. The summed E-state index contributed by atoms with van der Waals surface area (Å²) < 4.78 is 34.8. The minimum atomic E-state index is 0.371. The van der Waals surface area contributed by atoms with Gasteiger partial charge < -0.3 is 28.4 Å². The van der Waals surface area contributed by atoms with Crippen LogP contribution in [0.1, 0.15) is 83.5 Å². The molecule has 200 valence electrons. The van der Waals surface area contributed by atoms with Crippen LogP contribution in [0, 0.1) is 23.7 Å². The lowest BCUT2D eigenvalue weighted by atomic mass is 9.70. The van der Waals surface area contributed by atoms with Crippen molar-refractivity contribution in [2.75, 3.05) is 39.6 Å². The van der Waals surface area contributed by atoms with E-state index in [1.165, 1.54) is 83.5 Å². The Balaban J connectivity index is 0.926. The van der Waals surface area contributed by atoms with Gasteiger partial charge in [0.2, 0.25) is 0 Å². The first-order chi connectivity index (χ1) is 17.3. The molecule has 6 fully saturated rings. The van der Waals surface area contributed by atoms with E-state index >= 15 is 0 Å². The highest BCUT2D eigenvalue weighted by molar-refractivity contribution is 4.87. The molecule has 0 spiro atoms. The molecule has 6 heteroatoms. The van der Waals surface area contributed by atoms with Gasteiger partial charge in [0.1, 0.15) is 18.3 Å². The molecule has 0 aromatic rings. The lowest BCUT2D eigenvalue weighted by molar-refractivity contribution is -0.0485. The van der Waals surface area contributed by atoms with Crippen LogP contribution in [0.25, 0.3) is 0 Å². The Labute approximate surface area is 212 Å². The van der Waals surface area contributed by atoms with Gasteiger partial charge in [-0.1, -0.05) is 0 Å². The number of epoxide rings is 3. The van der Waals surface area contributed by atoms with E-state index in [1.54, 1.807) is 0 Å². The second-order valence-electron chi connectivity index (χ2n) is 12.6. The second-order valence-corrected chi connectivity index (χ2v) is 12.6. The first-order valence-corrected chi connectivity index (χ1v) is 15.0. The van der Waals surface area contributed by atoms with Crippen molar-refractivity contribution >= 4 is 0 Å². The average molecular weight is 493 g/mol. The van der Waals surface area contributed by atoms with Crippen molar-refractivity contribution in [3.05, 3.63) is 0 Å². The third kappa shape index (κ3) is 8.12. The highest BCUT2D eigenvalue weighted by atomic mass is 16.6. The number of hydrogen-bond acceptors (Lipinski definition) is 6. The predicted octanol–water partition coefficient (Wildman–Crippen LogP) is 4.92. The lowest BCUT2D eigenvalue weighted by Gasteiger charge is -2.40. The van der Waals surface area contributed by atoms with Crippen LogP contribution in [0.15, 0.2) is 0 Å². The Morgan fingerprint density at radius 2 is 0.943 bits per heavy atom. The van der Waals surface area contributed by atoms with Crippen molar-refractivity contribution in [2.45, 2.75) is 120 Å². The van der Waals surface area contributed by atoms with Crippen molar-refractivity contribution in [3.8, 4) is 0 Å². The lowest BCUT2D eigenvalue weighted by Crippen LogP contribution is -2.36. The molecule has 0 bridgehead atoms. The second kappa shape index (κ2) is 12.1. The van der Waals surface area contributed by atoms with Crippen LogP contribution < -0.4 is 0 Å². The summed E-state index contributed by atoms with van der Waals surface area (Å²) in [7, 11) is 0. The molecule has 6 rings (SSSR count). The van der Waals surface area contributed by atoms with E-state index in [0.717, 1.165) is 63.3 Å². The summed E-state index contributed by atoms with van der Waals surface area (Å²) >= 11 is 0. The van der Waals surface area contributed by atoms with Gasteiger partial charge in [0.25, 0.3) is 0 Å². The van der Waals surface area contributed by atoms with Crippen LogP contribution in [-0.4, -0.2) is 76.3 Å². The molecule has 6 atom stereocenters. The molecular weight excluding hydrogens is 444 g/mol. The predicted molar refractivity (Wildman–Crippen MR) is 132 cm³/mol. The number of hydrogen-bond donors (Lipinski definition) is 0. The maximum Gasteiger partial charge on any atom is 0.104 e. The summed E-state index contributed by atoms with van der Waals surface area (Å²) in [4.78, 5) is 0. The van der Waals surface area contributed by atoms with Crippen LogP contribution in [0.4, 0.5) is 0 Å². The molecule has 6 unspecified atom stereocenters. The highest BCUT2D eigenvalue weighted by Crippen LogP contribution is 2.42. The van der Waals surface area contributed by atoms with Gasteiger partial charge >= 0.3 is 0 Å². The topological polar surface area (TPSA) is 65.3 Å². The van der Waals surface area contributed by atoms with Crippen molar-refractivity contribution in [2.24, 2.45) is 23.7 Å². The molecular formula is C29H48O6.